The maximum absolute atomic E-state index is 3.63. The van der Waals surface area contributed by atoms with Crippen LogP contribution in [-0.2, 0) is 5.41 Å². The summed E-state index contributed by atoms with van der Waals surface area (Å²) >= 11 is 0. The number of fused-ring (bicyclic) bond motifs is 3. The first kappa shape index (κ1) is 24.6. The smallest absolute Gasteiger partial charge is 0.0574 e. The first-order valence-corrected chi connectivity index (χ1v) is 12.6. The van der Waals surface area contributed by atoms with Crippen LogP contribution in [0.5, 0.6) is 0 Å². The Morgan fingerprint density at radius 3 is 2.37 bits per heavy atom. The van der Waals surface area contributed by atoms with Gasteiger partial charge < -0.3 is 0 Å². The number of hydrogen-bond acceptors (Lipinski definition) is 2. The lowest BCUT2D eigenvalue weighted by atomic mass is 9.82. The number of allylic oxidation sites excluding steroid dienone is 5. The standard InChI is InChI=1S/C33H38N2/c1-8-13-23(3)20-24(4)25-14-12-15-27(21-25)35(7)34-32(9-2)26-18-19-29-28-16-10-11-17-30(28)33(5,6)31(29)22-26/h9-22,34H,8H2,1-7H3/b23-13-,24-20+,32-9-. The lowest BCUT2D eigenvalue weighted by Gasteiger charge is -2.26. The molecule has 4 rings (SSSR count). The van der Waals surface area contributed by atoms with E-state index in [1.54, 1.807) is 0 Å². The Morgan fingerprint density at radius 1 is 0.886 bits per heavy atom. The van der Waals surface area contributed by atoms with Gasteiger partial charge in [0.15, 0.2) is 0 Å². The first-order valence-electron chi connectivity index (χ1n) is 12.6. The topological polar surface area (TPSA) is 15.3 Å². The van der Waals surface area contributed by atoms with Gasteiger partial charge in [0.05, 0.1) is 11.4 Å². The summed E-state index contributed by atoms with van der Waals surface area (Å²) < 4.78 is 0. The summed E-state index contributed by atoms with van der Waals surface area (Å²) in [6.45, 7) is 13.3. The van der Waals surface area contributed by atoms with E-state index in [1.807, 2.05) is 0 Å². The normalized spacial score (nSPS) is 15.0. The molecule has 1 N–H and O–H groups in total. The SMILES string of the molecule is C/C=C(\NN(C)c1cccc(/C(C)=C/C(C)=C\CC)c1)c1ccc2c(c1)C(C)(C)c1ccccc1-2. The minimum atomic E-state index is -0.00473. The highest BCUT2D eigenvalue weighted by Crippen LogP contribution is 2.48. The number of hydrogen-bond donors (Lipinski definition) is 1. The van der Waals surface area contributed by atoms with Crippen LogP contribution in [0, 0.1) is 0 Å². The summed E-state index contributed by atoms with van der Waals surface area (Å²) in [4.78, 5) is 0. The second kappa shape index (κ2) is 10.00. The number of nitrogens with one attached hydrogen (secondary N) is 1. The molecule has 0 atom stereocenters. The number of anilines is 1. The maximum Gasteiger partial charge on any atom is 0.0574 e. The van der Waals surface area contributed by atoms with Gasteiger partial charge in [-0.05, 0) is 84.3 Å². The molecule has 3 aromatic rings. The molecule has 0 aromatic heterocycles. The molecule has 0 unspecified atom stereocenters. The van der Waals surface area contributed by atoms with Crippen molar-refractivity contribution in [1.82, 2.24) is 5.43 Å². The molecule has 0 aliphatic heterocycles. The van der Waals surface area contributed by atoms with Gasteiger partial charge in [-0.2, -0.15) is 0 Å². The first-order chi connectivity index (χ1) is 16.8. The van der Waals surface area contributed by atoms with Crippen molar-refractivity contribution in [2.75, 3.05) is 12.1 Å². The van der Waals surface area contributed by atoms with Crippen molar-refractivity contribution in [3.05, 3.63) is 113 Å². The maximum atomic E-state index is 3.63. The third kappa shape index (κ3) is 4.84. The van der Waals surface area contributed by atoms with Gasteiger partial charge >= 0.3 is 0 Å². The largest absolute Gasteiger partial charge is 0.298 e. The Bertz CT molecular complexity index is 1320. The Kier molecular flexibility index (Phi) is 7.03. The van der Waals surface area contributed by atoms with Crippen LogP contribution in [0.1, 0.15) is 70.2 Å². The van der Waals surface area contributed by atoms with Crippen LogP contribution in [0.2, 0.25) is 0 Å². The third-order valence-corrected chi connectivity index (χ3v) is 7.13. The summed E-state index contributed by atoms with van der Waals surface area (Å²) in [5.74, 6) is 0. The monoisotopic (exact) mass is 462 g/mol. The summed E-state index contributed by atoms with van der Waals surface area (Å²) in [6.07, 6.45) is 7.73. The molecule has 1 aliphatic rings. The molecule has 35 heavy (non-hydrogen) atoms. The molecule has 0 saturated carbocycles. The van der Waals surface area contributed by atoms with Gasteiger partial charge in [0, 0.05) is 12.5 Å². The van der Waals surface area contributed by atoms with Crippen LogP contribution in [0.3, 0.4) is 0 Å². The van der Waals surface area contributed by atoms with Crippen LogP contribution in [0.4, 0.5) is 5.69 Å². The van der Waals surface area contributed by atoms with Gasteiger partial charge in [-0.3, -0.25) is 10.4 Å². The lowest BCUT2D eigenvalue weighted by Crippen LogP contribution is -2.33. The highest BCUT2D eigenvalue weighted by Gasteiger charge is 2.35. The highest BCUT2D eigenvalue weighted by molar-refractivity contribution is 5.83. The van der Waals surface area contributed by atoms with Gasteiger partial charge in [0.25, 0.3) is 0 Å². The molecule has 2 nitrogen and oxygen atoms in total. The van der Waals surface area contributed by atoms with E-state index < -0.39 is 0 Å². The molecular formula is C33H38N2. The zero-order valence-electron chi connectivity index (χ0n) is 22.2. The Morgan fingerprint density at radius 2 is 1.63 bits per heavy atom. The van der Waals surface area contributed by atoms with E-state index in [0.717, 1.165) is 17.8 Å². The fourth-order valence-electron chi connectivity index (χ4n) is 5.18. The zero-order chi connectivity index (χ0) is 25.2. The Hall–Kier alpha value is -3.52. The van der Waals surface area contributed by atoms with Crippen molar-refractivity contribution in [2.45, 2.75) is 53.4 Å². The van der Waals surface area contributed by atoms with E-state index >= 15 is 0 Å². The molecule has 0 fully saturated rings. The number of nitrogens with zero attached hydrogens (tertiary/aromatic N) is 1. The van der Waals surface area contributed by atoms with Crippen LogP contribution in [-0.4, -0.2) is 7.05 Å². The highest BCUT2D eigenvalue weighted by atomic mass is 15.5. The molecule has 0 spiro atoms. The van der Waals surface area contributed by atoms with Crippen molar-refractivity contribution in [3.8, 4) is 11.1 Å². The van der Waals surface area contributed by atoms with Crippen molar-refractivity contribution >= 4 is 17.0 Å². The van der Waals surface area contributed by atoms with Crippen LogP contribution >= 0.6 is 0 Å². The average molecular weight is 463 g/mol. The van der Waals surface area contributed by atoms with E-state index in [0.29, 0.717) is 0 Å². The predicted molar refractivity (Wildman–Crippen MR) is 153 cm³/mol. The molecule has 0 amide bonds. The minimum Gasteiger partial charge on any atom is -0.298 e. The summed E-state index contributed by atoms with van der Waals surface area (Å²) in [7, 11) is 2.08. The molecule has 180 valence electrons. The van der Waals surface area contributed by atoms with Gasteiger partial charge in [-0.15, -0.1) is 0 Å². The Balaban J connectivity index is 1.59. The van der Waals surface area contributed by atoms with E-state index in [1.165, 1.54) is 44.5 Å². The number of benzene rings is 3. The summed E-state index contributed by atoms with van der Waals surface area (Å²) in [5.41, 5.74) is 16.4. The van der Waals surface area contributed by atoms with Gasteiger partial charge in [-0.1, -0.05) is 93.1 Å². The van der Waals surface area contributed by atoms with Crippen molar-refractivity contribution < 1.29 is 0 Å². The van der Waals surface area contributed by atoms with Crippen LogP contribution in [0.15, 0.2) is 90.5 Å². The Labute approximate surface area is 211 Å². The number of rotatable bonds is 7. The van der Waals surface area contributed by atoms with Crippen LogP contribution < -0.4 is 10.4 Å². The number of hydrazine groups is 1. The van der Waals surface area contributed by atoms with E-state index in [2.05, 4.69) is 144 Å². The van der Waals surface area contributed by atoms with Crippen molar-refractivity contribution in [1.29, 1.82) is 0 Å². The lowest BCUT2D eigenvalue weighted by molar-refractivity contribution is 0.660. The molecule has 0 bridgehead atoms. The molecule has 0 saturated heterocycles. The summed E-state index contributed by atoms with van der Waals surface area (Å²) in [5, 5.41) is 2.11. The summed E-state index contributed by atoms with van der Waals surface area (Å²) in [6, 6.07) is 24.4. The van der Waals surface area contributed by atoms with Crippen molar-refractivity contribution in [3.63, 3.8) is 0 Å². The van der Waals surface area contributed by atoms with Gasteiger partial charge in [0.2, 0.25) is 0 Å². The molecule has 0 radical (unpaired) electrons. The quantitative estimate of drug-likeness (QED) is 0.279. The minimum absolute atomic E-state index is 0.00473. The third-order valence-electron chi connectivity index (χ3n) is 7.13. The van der Waals surface area contributed by atoms with E-state index in [-0.39, 0.29) is 5.41 Å². The molecule has 0 heterocycles. The predicted octanol–water partition coefficient (Wildman–Crippen LogP) is 8.75. The van der Waals surface area contributed by atoms with Crippen LogP contribution in [0.25, 0.3) is 22.4 Å². The zero-order valence-corrected chi connectivity index (χ0v) is 22.2. The average Bonchev–Trinajstić information content (AvgIpc) is 3.09. The van der Waals surface area contributed by atoms with Crippen molar-refractivity contribution in [2.24, 2.45) is 0 Å². The molecule has 2 heteroatoms. The van der Waals surface area contributed by atoms with E-state index in [4.69, 9.17) is 0 Å². The fourth-order valence-corrected chi connectivity index (χ4v) is 5.18. The second-order valence-corrected chi connectivity index (χ2v) is 10.0. The molecule has 1 aliphatic carbocycles. The molecular weight excluding hydrogens is 424 g/mol. The molecule has 3 aromatic carbocycles. The van der Waals surface area contributed by atoms with Gasteiger partial charge in [0.1, 0.15) is 0 Å². The second-order valence-electron chi connectivity index (χ2n) is 10.0. The van der Waals surface area contributed by atoms with Gasteiger partial charge in [-0.25, -0.2) is 0 Å². The van der Waals surface area contributed by atoms with E-state index in [9.17, 15) is 0 Å². The fraction of sp³-hybridized carbons (Fsp3) is 0.273.